The molecule has 0 radical (unpaired) electrons. The van der Waals surface area contributed by atoms with Gasteiger partial charge >= 0.3 is 0 Å². The number of hydrogen-bond donors (Lipinski definition) is 1. The van der Waals surface area contributed by atoms with Crippen LogP contribution in [0.5, 0.6) is 0 Å². The molecule has 0 amide bonds. The Bertz CT molecular complexity index is 1110. The second kappa shape index (κ2) is 12.2. The highest BCUT2D eigenvalue weighted by atomic mass is 15.1. The number of allylic oxidation sites excluding steroid dienone is 1. The molecule has 0 unspecified atom stereocenters. The molecule has 4 rings (SSSR count). The van der Waals surface area contributed by atoms with Gasteiger partial charge in [-0.05, 0) is 71.7 Å². The van der Waals surface area contributed by atoms with E-state index >= 15 is 0 Å². The second-order valence-electron chi connectivity index (χ2n) is 10.9. The maximum atomic E-state index is 4.64. The summed E-state index contributed by atoms with van der Waals surface area (Å²) in [6, 6.07) is 26.7. The van der Waals surface area contributed by atoms with E-state index in [1.807, 2.05) is 0 Å². The molecule has 3 aromatic carbocycles. The molecular weight excluding hydrogens is 438 g/mol. The van der Waals surface area contributed by atoms with E-state index in [4.69, 9.17) is 0 Å². The Hall–Kier alpha value is -3.20. The van der Waals surface area contributed by atoms with Crippen LogP contribution in [0, 0.1) is 11.8 Å². The summed E-state index contributed by atoms with van der Waals surface area (Å²) >= 11 is 0. The van der Waals surface area contributed by atoms with Crippen molar-refractivity contribution in [2.75, 3.05) is 35.8 Å². The molecule has 1 aliphatic carbocycles. The van der Waals surface area contributed by atoms with Crippen molar-refractivity contribution in [3.63, 3.8) is 0 Å². The molecule has 0 saturated heterocycles. The summed E-state index contributed by atoms with van der Waals surface area (Å²) in [5, 5.41) is 3.60. The minimum atomic E-state index is 0.570. The Morgan fingerprint density at radius 3 is 2.11 bits per heavy atom. The molecular formula is C33H43N3. The highest BCUT2D eigenvalue weighted by Crippen LogP contribution is 2.35. The van der Waals surface area contributed by atoms with Crippen molar-refractivity contribution < 1.29 is 0 Å². The maximum absolute atomic E-state index is 4.64. The molecule has 1 aliphatic rings. The van der Waals surface area contributed by atoms with Gasteiger partial charge in [0, 0.05) is 49.9 Å². The molecule has 0 aromatic heterocycles. The Morgan fingerprint density at radius 1 is 0.861 bits per heavy atom. The van der Waals surface area contributed by atoms with E-state index in [1.165, 1.54) is 71.6 Å². The first-order valence-electron chi connectivity index (χ1n) is 13.6. The van der Waals surface area contributed by atoms with E-state index < -0.39 is 0 Å². The molecule has 190 valence electrons. The topological polar surface area (TPSA) is 18.5 Å². The van der Waals surface area contributed by atoms with E-state index in [-0.39, 0.29) is 0 Å². The summed E-state index contributed by atoms with van der Waals surface area (Å²) in [6.45, 7) is 10.9. The van der Waals surface area contributed by atoms with Crippen LogP contribution in [0.15, 0.2) is 85.1 Å². The van der Waals surface area contributed by atoms with E-state index in [0.29, 0.717) is 11.8 Å². The molecule has 36 heavy (non-hydrogen) atoms. The zero-order chi connectivity index (χ0) is 25.5. The van der Waals surface area contributed by atoms with Gasteiger partial charge in [-0.1, -0.05) is 82.2 Å². The third-order valence-electron chi connectivity index (χ3n) is 7.31. The summed E-state index contributed by atoms with van der Waals surface area (Å²) in [7, 11) is 4.15. The average molecular weight is 482 g/mol. The van der Waals surface area contributed by atoms with Crippen LogP contribution in [0.3, 0.4) is 0 Å². The lowest BCUT2D eigenvalue weighted by atomic mass is 9.86. The highest BCUT2D eigenvalue weighted by molar-refractivity contribution is 5.67. The van der Waals surface area contributed by atoms with Gasteiger partial charge in [-0.3, -0.25) is 0 Å². The number of nitrogens with zero attached hydrogens (tertiary/aromatic N) is 2. The van der Waals surface area contributed by atoms with Gasteiger partial charge in [0.2, 0.25) is 0 Å². The summed E-state index contributed by atoms with van der Waals surface area (Å²) in [5.41, 5.74) is 8.69. The number of hydrogen-bond acceptors (Lipinski definition) is 3. The fraction of sp³-hybridized carbons (Fsp3) is 0.394. The first-order valence-corrected chi connectivity index (χ1v) is 13.6. The third-order valence-corrected chi connectivity index (χ3v) is 7.31. The van der Waals surface area contributed by atoms with Gasteiger partial charge in [0.25, 0.3) is 0 Å². The first kappa shape index (κ1) is 25.9. The summed E-state index contributed by atoms with van der Waals surface area (Å²) in [6.07, 6.45) is 6.49. The molecule has 0 heterocycles. The molecule has 3 aromatic rings. The third kappa shape index (κ3) is 6.72. The molecule has 1 fully saturated rings. The summed E-state index contributed by atoms with van der Waals surface area (Å²) in [5.74, 6) is 1.18. The van der Waals surface area contributed by atoms with Gasteiger partial charge in [-0.15, -0.1) is 0 Å². The van der Waals surface area contributed by atoms with Crippen LogP contribution in [0.25, 0.3) is 11.1 Å². The Morgan fingerprint density at radius 2 is 1.50 bits per heavy atom. The predicted molar refractivity (Wildman–Crippen MR) is 158 cm³/mol. The second-order valence-corrected chi connectivity index (χ2v) is 10.9. The zero-order valence-electron chi connectivity index (χ0n) is 22.6. The van der Waals surface area contributed by atoms with Crippen molar-refractivity contribution in [2.24, 2.45) is 11.8 Å². The minimum Gasteiger partial charge on any atom is -0.385 e. The van der Waals surface area contributed by atoms with Crippen molar-refractivity contribution in [1.82, 2.24) is 0 Å². The fourth-order valence-electron chi connectivity index (χ4n) is 5.06. The summed E-state index contributed by atoms with van der Waals surface area (Å²) < 4.78 is 0. The van der Waals surface area contributed by atoms with Crippen LogP contribution in [0.1, 0.15) is 51.5 Å². The Kier molecular flexibility index (Phi) is 8.74. The van der Waals surface area contributed by atoms with E-state index in [9.17, 15) is 0 Å². The minimum absolute atomic E-state index is 0.570. The lowest BCUT2D eigenvalue weighted by molar-refractivity contribution is 0.396. The van der Waals surface area contributed by atoms with Crippen LogP contribution < -0.4 is 15.1 Å². The van der Waals surface area contributed by atoms with Gasteiger partial charge in [0.05, 0.1) is 0 Å². The molecule has 0 aliphatic heterocycles. The van der Waals surface area contributed by atoms with Crippen LogP contribution in [-0.2, 0) is 6.54 Å². The van der Waals surface area contributed by atoms with E-state index in [0.717, 1.165) is 13.1 Å². The van der Waals surface area contributed by atoms with E-state index in [2.05, 4.69) is 122 Å². The largest absolute Gasteiger partial charge is 0.385 e. The highest BCUT2D eigenvalue weighted by Gasteiger charge is 2.22. The number of anilines is 3. The van der Waals surface area contributed by atoms with Gasteiger partial charge in [0.1, 0.15) is 0 Å². The fourth-order valence-corrected chi connectivity index (χ4v) is 5.06. The lowest BCUT2D eigenvalue weighted by Gasteiger charge is -2.34. The van der Waals surface area contributed by atoms with Crippen molar-refractivity contribution >= 4 is 17.1 Å². The molecule has 3 nitrogen and oxygen atoms in total. The van der Waals surface area contributed by atoms with Crippen molar-refractivity contribution in [1.29, 1.82) is 0 Å². The maximum Gasteiger partial charge on any atom is 0.0478 e. The monoisotopic (exact) mass is 481 g/mol. The Labute approximate surface area is 218 Å². The molecule has 0 atom stereocenters. The lowest BCUT2D eigenvalue weighted by Crippen LogP contribution is -2.27. The van der Waals surface area contributed by atoms with Crippen molar-refractivity contribution in [3.05, 3.63) is 90.6 Å². The summed E-state index contributed by atoms with van der Waals surface area (Å²) in [4.78, 5) is 4.59. The smallest absolute Gasteiger partial charge is 0.0478 e. The van der Waals surface area contributed by atoms with E-state index in [1.54, 1.807) is 0 Å². The molecule has 3 heteroatoms. The normalized spacial score (nSPS) is 14.0. The van der Waals surface area contributed by atoms with Gasteiger partial charge in [-0.2, -0.15) is 0 Å². The SMILES string of the molecule is C=C(C1CCCCC1)N(Cc1ccc(-c2ccc(N(C)C)cc2)cc1)c1cccc(NCC(C)C)c1. The zero-order valence-corrected chi connectivity index (χ0v) is 22.6. The first-order chi connectivity index (χ1) is 17.4. The quantitative estimate of drug-likeness (QED) is 0.313. The van der Waals surface area contributed by atoms with Gasteiger partial charge in [-0.25, -0.2) is 0 Å². The molecule has 0 spiro atoms. The predicted octanol–water partition coefficient (Wildman–Crippen LogP) is 8.59. The molecule has 1 N–H and O–H groups in total. The molecule has 0 bridgehead atoms. The molecule has 1 saturated carbocycles. The number of benzene rings is 3. The van der Waals surface area contributed by atoms with Crippen LogP contribution >= 0.6 is 0 Å². The standard InChI is InChI=1S/C33H43N3/c1-25(2)23-34-31-12-9-13-33(22-31)36(26(3)28-10-7-6-8-11-28)24-27-14-16-29(17-15-27)30-18-20-32(21-19-30)35(4)5/h9,12-22,25,28,34H,3,6-8,10-11,23-24H2,1-2,4-5H3. The van der Waals surface area contributed by atoms with Crippen molar-refractivity contribution in [2.45, 2.75) is 52.5 Å². The number of rotatable bonds is 10. The number of nitrogens with one attached hydrogen (secondary N) is 1. The van der Waals surface area contributed by atoms with Gasteiger partial charge in [0.15, 0.2) is 0 Å². The van der Waals surface area contributed by atoms with Crippen LogP contribution in [0.2, 0.25) is 0 Å². The van der Waals surface area contributed by atoms with Gasteiger partial charge < -0.3 is 15.1 Å². The average Bonchev–Trinajstić information content (AvgIpc) is 2.91. The van der Waals surface area contributed by atoms with Crippen LogP contribution in [-0.4, -0.2) is 20.6 Å². The van der Waals surface area contributed by atoms with Crippen LogP contribution in [0.4, 0.5) is 17.1 Å². The van der Waals surface area contributed by atoms with Crippen molar-refractivity contribution in [3.8, 4) is 11.1 Å². The Balaban J connectivity index is 1.56.